The van der Waals surface area contributed by atoms with Crippen LogP contribution in [0.5, 0.6) is 0 Å². The van der Waals surface area contributed by atoms with Crippen LogP contribution in [0.25, 0.3) is 0 Å². The topological polar surface area (TPSA) is 83.8 Å². The van der Waals surface area contributed by atoms with E-state index in [1.54, 1.807) is 15.8 Å². The molecule has 0 unspecified atom stereocenters. The first kappa shape index (κ1) is 15.5. The summed E-state index contributed by atoms with van der Waals surface area (Å²) >= 11 is 0. The molecule has 8 heteroatoms. The van der Waals surface area contributed by atoms with E-state index in [9.17, 15) is 13.5 Å². The maximum Gasteiger partial charge on any atom is 0.254 e. The van der Waals surface area contributed by atoms with Gasteiger partial charge in [0, 0.05) is 31.0 Å². The van der Waals surface area contributed by atoms with E-state index >= 15 is 0 Å². The average molecular weight is 303 g/mol. The number of sulfonamides is 1. The number of nitrogens with zero attached hydrogens (tertiary/aromatic N) is 2. The molecule has 1 aliphatic heterocycles. The predicted octanol–water partition coefficient (Wildman–Crippen LogP) is 0.0868. The Bertz CT molecular complexity index is 547. The Morgan fingerprint density at radius 3 is 2.55 bits per heavy atom. The Morgan fingerprint density at radius 1 is 1.40 bits per heavy atom. The van der Waals surface area contributed by atoms with Crippen molar-refractivity contribution in [3.63, 3.8) is 0 Å². The van der Waals surface area contributed by atoms with E-state index in [-0.39, 0.29) is 17.5 Å². The van der Waals surface area contributed by atoms with Gasteiger partial charge in [0.15, 0.2) is 0 Å². The standard InChI is InChI=1S/C12H21N3O4S/c1-10(2)15-8-12(7-11(15)9-16)20(17,18)13-14-3-5-19-6-4-14/h7-8,10,13,16H,3-6,9H2,1-2H3. The number of aliphatic hydroxyl groups excluding tert-OH is 1. The van der Waals surface area contributed by atoms with Crippen molar-refractivity contribution in [2.45, 2.75) is 31.4 Å². The van der Waals surface area contributed by atoms with Crippen molar-refractivity contribution in [1.29, 1.82) is 0 Å². The van der Waals surface area contributed by atoms with E-state index in [1.165, 1.54) is 6.07 Å². The first-order valence-electron chi connectivity index (χ1n) is 6.61. The molecular weight excluding hydrogens is 282 g/mol. The van der Waals surface area contributed by atoms with Crippen LogP contribution in [-0.4, -0.2) is 49.4 Å². The Balaban J connectivity index is 2.20. The molecule has 114 valence electrons. The quantitative estimate of drug-likeness (QED) is 0.805. The minimum absolute atomic E-state index is 0.0875. The van der Waals surface area contributed by atoms with Crippen molar-refractivity contribution in [1.82, 2.24) is 14.4 Å². The van der Waals surface area contributed by atoms with E-state index in [1.807, 2.05) is 13.8 Å². The maximum atomic E-state index is 12.3. The fraction of sp³-hybridized carbons (Fsp3) is 0.667. The molecule has 0 radical (unpaired) electrons. The van der Waals surface area contributed by atoms with Crippen LogP contribution in [-0.2, 0) is 21.4 Å². The monoisotopic (exact) mass is 303 g/mol. The summed E-state index contributed by atoms with van der Waals surface area (Å²) in [5, 5.41) is 10.9. The second-order valence-corrected chi connectivity index (χ2v) is 6.68. The second kappa shape index (κ2) is 6.23. The minimum atomic E-state index is -3.62. The summed E-state index contributed by atoms with van der Waals surface area (Å²) in [6.07, 6.45) is 1.55. The van der Waals surface area contributed by atoms with E-state index < -0.39 is 10.0 Å². The van der Waals surface area contributed by atoms with Crippen molar-refractivity contribution >= 4 is 10.0 Å². The van der Waals surface area contributed by atoms with Crippen LogP contribution >= 0.6 is 0 Å². The van der Waals surface area contributed by atoms with Gasteiger partial charge in [-0.2, -0.15) is 0 Å². The predicted molar refractivity (Wildman–Crippen MR) is 73.5 cm³/mol. The summed E-state index contributed by atoms with van der Waals surface area (Å²) in [5.41, 5.74) is 0.586. The molecule has 0 atom stereocenters. The first-order valence-corrected chi connectivity index (χ1v) is 8.09. The van der Waals surface area contributed by atoms with Crippen molar-refractivity contribution in [3.8, 4) is 0 Å². The zero-order valence-electron chi connectivity index (χ0n) is 11.7. The Labute approximate surface area is 119 Å². The molecule has 2 rings (SSSR count). The van der Waals surface area contributed by atoms with Gasteiger partial charge in [0.2, 0.25) is 0 Å². The lowest BCUT2D eigenvalue weighted by Gasteiger charge is -2.26. The normalized spacial score (nSPS) is 17.8. The van der Waals surface area contributed by atoms with Crippen LogP contribution < -0.4 is 4.83 Å². The highest BCUT2D eigenvalue weighted by Crippen LogP contribution is 2.19. The molecule has 1 aromatic rings. The van der Waals surface area contributed by atoms with Gasteiger partial charge in [0.1, 0.15) is 4.90 Å². The lowest BCUT2D eigenvalue weighted by Crippen LogP contribution is -2.48. The first-order chi connectivity index (χ1) is 9.44. The van der Waals surface area contributed by atoms with Crippen LogP contribution in [0, 0.1) is 0 Å². The highest BCUT2D eigenvalue weighted by Gasteiger charge is 2.23. The lowest BCUT2D eigenvalue weighted by molar-refractivity contribution is 0.0272. The van der Waals surface area contributed by atoms with Gasteiger partial charge in [-0.3, -0.25) is 0 Å². The number of hydrazine groups is 1. The zero-order valence-corrected chi connectivity index (χ0v) is 12.6. The SMILES string of the molecule is CC(C)n1cc(S(=O)(=O)NN2CCOCC2)cc1CO. The smallest absolute Gasteiger partial charge is 0.254 e. The summed E-state index contributed by atoms with van der Waals surface area (Å²) in [6, 6.07) is 1.59. The van der Waals surface area contributed by atoms with E-state index in [2.05, 4.69) is 4.83 Å². The highest BCUT2D eigenvalue weighted by molar-refractivity contribution is 7.89. The number of ether oxygens (including phenoxy) is 1. The third-order valence-electron chi connectivity index (χ3n) is 3.20. The largest absolute Gasteiger partial charge is 0.390 e. The number of aliphatic hydroxyl groups is 1. The highest BCUT2D eigenvalue weighted by atomic mass is 32.2. The second-order valence-electron chi connectivity index (χ2n) is 5.02. The Kier molecular flexibility index (Phi) is 4.82. The van der Waals surface area contributed by atoms with Gasteiger partial charge in [-0.15, -0.1) is 4.83 Å². The molecule has 1 saturated heterocycles. The fourth-order valence-electron chi connectivity index (χ4n) is 2.13. The third kappa shape index (κ3) is 3.39. The van der Waals surface area contributed by atoms with Crippen LogP contribution in [0.3, 0.4) is 0 Å². The molecule has 7 nitrogen and oxygen atoms in total. The fourth-order valence-corrected chi connectivity index (χ4v) is 3.30. The van der Waals surface area contributed by atoms with Gasteiger partial charge in [-0.05, 0) is 19.9 Å². The van der Waals surface area contributed by atoms with Crippen molar-refractivity contribution in [3.05, 3.63) is 18.0 Å². The van der Waals surface area contributed by atoms with E-state index in [0.29, 0.717) is 32.0 Å². The molecule has 2 N–H and O–H groups in total. The number of rotatable bonds is 5. The van der Waals surface area contributed by atoms with E-state index in [0.717, 1.165) is 0 Å². The van der Waals surface area contributed by atoms with E-state index in [4.69, 9.17) is 4.74 Å². The van der Waals surface area contributed by atoms with Crippen molar-refractivity contribution in [2.75, 3.05) is 26.3 Å². The summed E-state index contributed by atoms with van der Waals surface area (Å²) in [4.78, 5) is 2.71. The molecule has 1 aliphatic rings. The van der Waals surface area contributed by atoms with Crippen LogP contribution in [0.4, 0.5) is 0 Å². The summed E-state index contributed by atoms with van der Waals surface area (Å²) in [6.45, 7) is 5.75. The number of aromatic nitrogens is 1. The van der Waals surface area contributed by atoms with Gasteiger partial charge < -0.3 is 14.4 Å². The third-order valence-corrected chi connectivity index (χ3v) is 4.54. The molecule has 0 aliphatic carbocycles. The molecule has 0 saturated carbocycles. The lowest BCUT2D eigenvalue weighted by atomic mass is 10.3. The molecule has 1 aromatic heterocycles. The molecule has 0 amide bonds. The molecule has 2 heterocycles. The average Bonchev–Trinajstić information content (AvgIpc) is 2.84. The number of hydrogen-bond donors (Lipinski definition) is 2. The molecular formula is C12H21N3O4S. The van der Waals surface area contributed by atoms with Crippen LogP contribution in [0.1, 0.15) is 25.6 Å². The van der Waals surface area contributed by atoms with Gasteiger partial charge in [0.05, 0.1) is 19.8 Å². The zero-order chi connectivity index (χ0) is 14.8. The molecule has 0 aromatic carbocycles. The van der Waals surface area contributed by atoms with Crippen LogP contribution in [0.2, 0.25) is 0 Å². The van der Waals surface area contributed by atoms with Gasteiger partial charge in [-0.1, -0.05) is 0 Å². The van der Waals surface area contributed by atoms with Gasteiger partial charge >= 0.3 is 0 Å². The molecule has 1 fully saturated rings. The summed E-state index contributed by atoms with van der Waals surface area (Å²) in [7, 11) is -3.62. The Morgan fingerprint density at radius 2 is 2.05 bits per heavy atom. The number of morpholine rings is 1. The van der Waals surface area contributed by atoms with Crippen molar-refractivity contribution < 1.29 is 18.3 Å². The molecule has 0 spiro atoms. The maximum absolute atomic E-state index is 12.3. The Hall–Kier alpha value is -0.930. The summed E-state index contributed by atoms with van der Waals surface area (Å²) < 4.78 is 31.6. The number of nitrogens with one attached hydrogen (secondary N) is 1. The van der Waals surface area contributed by atoms with Crippen molar-refractivity contribution in [2.24, 2.45) is 0 Å². The molecule has 0 bridgehead atoms. The minimum Gasteiger partial charge on any atom is -0.390 e. The van der Waals surface area contributed by atoms with Crippen LogP contribution in [0.15, 0.2) is 17.2 Å². The van der Waals surface area contributed by atoms with Gasteiger partial charge in [-0.25, -0.2) is 13.4 Å². The van der Waals surface area contributed by atoms with Gasteiger partial charge in [0.25, 0.3) is 10.0 Å². The molecule has 20 heavy (non-hydrogen) atoms. The summed E-state index contributed by atoms with van der Waals surface area (Å²) in [5.74, 6) is 0. The number of hydrogen-bond acceptors (Lipinski definition) is 5.